The highest BCUT2D eigenvalue weighted by Crippen LogP contribution is 2.18. The molecule has 0 aromatic rings. The van der Waals surface area contributed by atoms with E-state index in [-0.39, 0.29) is 36.7 Å². The molecule has 1 aliphatic rings. The molecule has 1 fully saturated rings. The molecule has 0 radical (unpaired) electrons. The van der Waals surface area contributed by atoms with Crippen LogP contribution in [0.2, 0.25) is 0 Å². The molecular formula is C21H40O7. The molecule has 0 aromatic heterocycles. The van der Waals surface area contributed by atoms with Gasteiger partial charge in [0.2, 0.25) is 0 Å². The molecule has 0 aliphatic carbocycles. The minimum atomic E-state index is -0.347. The highest BCUT2D eigenvalue weighted by atomic mass is 16.7. The highest BCUT2D eigenvalue weighted by molar-refractivity contribution is 5.72. The fourth-order valence-electron chi connectivity index (χ4n) is 3.02. The molecule has 1 heterocycles. The maximum atomic E-state index is 11.6. The standard InChI is InChI=1S/C13H24O4.C8H16O3/c1-10(2)8-11(13(14)15-3)9-17-12-6-4-5-7-16-12;1-6(2)4-7(5-9)8(10)11-3/h10-12H,4-9H2,1-3H3;6-7,9H,4-5H2,1-3H3. The van der Waals surface area contributed by atoms with Crippen LogP contribution in [0, 0.1) is 23.7 Å². The lowest BCUT2D eigenvalue weighted by Gasteiger charge is -2.25. The first-order valence-electron chi connectivity index (χ1n) is 10.2. The summed E-state index contributed by atoms with van der Waals surface area (Å²) in [6, 6.07) is 0. The first-order valence-corrected chi connectivity index (χ1v) is 10.2. The molecule has 1 N–H and O–H groups in total. The van der Waals surface area contributed by atoms with Crippen LogP contribution in [0.15, 0.2) is 0 Å². The van der Waals surface area contributed by atoms with E-state index in [9.17, 15) is 9.59 Å². The topological polar surface area (TPSA) is 91.3 Å². The molecule has 7 nitrogen and oxygen atoms in total. The van der Waals surface area contributed by atoms with Gasteiger partial charge in [-0.05, 0) is 43.9 Å². The van der Waals surface area contributed by atoms with Gasteiger partial charge in [0, 0.05) is 6.61 Å². The molecule has 3 atom stereocenters. The van der Waals surface area contributed by atoms with Gasteiger partial charge in [0.15, 0.2) is 6.29 Å². The monoisotopic (exact) mass is 404 g/mol. The number of carbonyl (C=O) groups excluding carboxylic acids is 2. The van der Waals surface area contributed by atoms with Gasteiger partial charge in [0.25, 0.3) is 0 Å². The molecule has 0 bridgehead atoms. The molecule has 1 aliphatic heterocycles. The van der Waals surface area contributed by atoms with Gasteiger partial charge in [0.1, 0.15) is 0 Å². The Morgan fingerprint density at radius 2 is 1.50 bits per heavy atom. The number of hydrogen-bond donors (Lipinski definition) is 1. The molecule has 0 spiro atoms. The molecule has 1 saturated heterocycles. The maximum Gasteiger partial charge on any atom is 0.311 e. The molecule has 0 saturated carbocycles. The fraction of sp³-hybridized carbons (Fsp3) is 0.905. The van der Waals surface area contributed by atoms with Gasteiger partial charge in [-0.1, -0.05) is 27.7 Å². The third-order valence-electron chi connectivity index (χ3n) is 4.42. The average molecular weight is 405 g/mol. The van der Waals surface area contributed by atoms with Gasteiger partial charge in [-0.15, -0.1) is 0 Å². The smallest absolute Gasteiger partial charge is 0.311 e. The van der Waals surface area contributed by atoms with Crippen LogP contribution in [-0.4, -0.2) is 57.4 Å². The van der Waals surface area contributed by atoms with E-state index in [1.54, 1.807) is 0 Å². The number of methoxy groups -OCH3 is 2. The average Bonchev–Trinajstić information content (AvgIpc) is 2.68. The number of aliphatic hydroxyl groups is 1. The quantitative estimate of drug-likeness (QED) is 0.559. The molecule has 0 aromatic carbocycles. The number of aliphatic hydroxyl groups excluding tert-OH is 1. The number of ether oxygens (including phenoxy) is 4. The molecule has 166 valence electrons. The second kappa shape index (κ2) is 15.7. The van der Waals surface area contributed by atoms with Crippen molar-refractivity contribution in [2.45, 2.75) is 66.1 Å². The van der Waals surface area contributed by atoms with Crippen LogP contribution < -0.4 is 0 Å². The van der Waals surface area contributed by atoms with Crippen LogP contribution in [0.1, 0.15) is 59.8 Å². The predicted octanol–water partition coefficient (Wildman–Crippen LogP) is 3.18. The fourth-order valence-corrected chi connectivity index (χ4v) is 3.02. The SMILES string of the molecule is COC(=O)C(CO)CC(C)C.COC(=O)C(COC1CCCCO1)CC(C)C. The van der Waals surface area contributed by atoms with Crippen LogP contribution in [0.4, 0.5) is 0 Å². The number of carbonyl (C=O) groups is 2. The molecule has 0 amide bonds. The van der Waals surface area contributed by atoms with Gasteiger partial charge in [-0.3, -0.25) is 9.59 Å². The summed E-state index contributed by atoms with van der Waals surface area (Å²) >= 11 is 0. The van der Waals surface area contributed by atoms with Crippen LogP contribution in [0.25, 0.3) is 0 Å². The summed E-state index contributed by atoms with van der Waals surface area (Å²) in [5.74, 6) is -0.164. The van der Waals surface area contributed by atoms with E-state index < -0.39 is 0 Å². The lowest BCUT2D eigenvalue weighted by atomic mass is 9.98. The largest absolute Gasteiger partial charge is 0.469 e. The van der Waals surface area contributed by atoms with E-state index in [4.69, 9.17) is 19.3 Å². The second-order valence-corrected chi connectivity index (χ2v) is 8.01. The van der Waals surface area contributed by atoms with Crippen molar-refractivity contribution in [2.24, 2.45) is 23.7 Å². The lowest BCUT2D eigenvalue weighted by Crippen LogP contribution is -2.29. The van der Waals surface area contributed by atoms with E-state index in [2.05, 4.69) is 18.6 Å². The predicted molar refractivity (Wildman–Crippen MR) is 107 cm³/mol. The van der Waals surface area contributed by atoms with Gasteiger partial charge in [-0.25, -0.2) is 0 Å². The molecular weight excluding hydrogens is 364 g/mol. The zero-order chi connectivity index (χ0) is 21.5. The van der Waals surface area contributed by atoms with E-state index in [1.807, 2.05) is 13.8 Å². The lowest BCUT2D eigenvalue weighted by molar-refractivity contribution is -0.177. The normalized spacial score (nSPS) is 18.8. The van der Waals surface area contributed by atoms with Crippen LogP contribution in [-0.2, 0) is 28.5 Å². The van der Waals surface area contributed by atoms with Gasteiger partial charge in [-0.2, -0.15) is 0 Å². The van der Waals surface area contributed by atoms with Crippen LogP contribution in [0.3, 0.4) is 0 Å². The summed E-state index contributed by atoms with van der Waals surface area (Å²) in [5, 5.41) is 8.78. The minimum Gasteiger partial charge on any atom is -0.469 e. The summed E-state index contributed by atoms with van der Waals surface area (Å²) in [7, 11) is 2.76. The molecule has 28 heavy (non-hydrogen) atoms. The Hall–Kier alpha value is -1.18. The minimum absolute atomic E-state index is 0.120. The summed E-state index contributed by atoms with van der Waals surface area (Å²) < 4.78 is 20.4. The summed E-state index contributed by atoms with van der Waals surface area (Å²) in [6.07, 6.45) is 4.50. The third-order valence-corrected chi connectivity index (χ3v) is 4.42. The van der Waals surface area contributed by atoms with E-state index in [1.165, 1.54) is 14.2 Å². The van der Waals surface area contributed by atoms with Crippen molar-refractivity contribution in [3.8, 4) is 0 Å². The van der Waals surface area contributed by atoms with Crippen molar-refractivity contribution in [1.29, 1.82) is 0 Å². The first kappa shape index (κ1) is 26.8. The van der Waals surface area contributed by atoms with E-state index in [0.29, 0.717) is 24.9 Å². The Morgan fingerprint density at radius 1 is 0.964 bits per heavy atom. The third kappa shape index (κ3) is 12.3. The van der Waals surface area contributed by atoms with Gasteiger partial charge < -0.3 is 24.1 Å². The van der Waals surface area contributed by atoms with Crippen molar-refractivity contribution >= 4 is 11.9 Å². The Bertz CT molecular complexity index is 417. The second-order valence-electron chi connectivity index (χ2n) is 8.01. The van der Waals surface area contributed by atoms with E-state index in [0.717, 1.165) is 32.3 Å². The van der Waals surface area contributed by atoms with Crippen molar-refractivity contribution in [3.05, 3.63) is 0 Å². The van der Waals surface area contributed by atoms with Crippen molar-refractivity contribution in [1.82, 2.24) is 0 Å². The number of esters is 2. The van der Waals surface area contributed by atoms with Crippen LogP contribution >= 0.6 is 0 Å². The van der Waals surface area contributed by atoms with Crippen LogP contribution in [0.5, 0.6) is 0 Å². The molecule has 1 rings (SSSR count). The Morgan fingerprint density at radius 3 is 1.93 bits per heavy atom. The zero-order valence-electron chi connectivity index (χ0n) is 18.4. The summed E-state index contributed by atoms with van der Waals surface area (Å²) in [6.45, 7) is 9.23. The zero-order valence-corrected chi connectivity index (χ0v) is 18.4. The van der Waals surface area contributed by atoms with Gasteiger partial charge in [0.05, 0.1) is 39.3 Å². The number of hydrogen-bond acceptors (Lipinski definition) is 7. The van der Waals surface area contributed by atoms with Crippen molar-refractivity contribution in [2.75, 3.05) is 34.0 Å². The van der Waals surface area contributed by atoms with Crippen molar-refractivity contribution in [3.63, 3.8) is 0 Å². The Labute approximate surface area is 170 Å². The maximum absolute atomic E-state index is 11.6. The first-order chi connectivity index (χ1) is 13.2. The van der Waals surface area contributed by atoms with Crippen molar-refractivity contribution < 1.29 is 33.6 Å². The number of rotatable bonds is 10. The molecule has 3 unspecified atom stereocenters. The molecule has 7 heteroatoms. The Kier molecular flexibility index (Phi) is 15.0. The summed E-state index contributed by atoms with van der Waals surface area (Å²) in [5.41, 5.74) is 0. The highest BCUT2D eigenvalue weighted by Gasteiger charge is 2.23. The van der Waals surface area contributed by atoms with Gasteiger partial charge >= 0.3 is 11.9 Å². The summed E-state index contributed by atoms with van der Waals surface area (Å²) in [4.78, 5) is 22.5. The Balaban J connectivity index is 0.000000576. The van der Waals surface area contributed by atoms with E-state index >= 15 is 0 Å².